The van der Waals surface area contributed by atoms with Crippen molar-refractivity contribution < 1.29 is 19.4 Å². The van der Waals surface area contributed by atoms with Crippen molar-refractivity contribution in [1.82, 2.24) is 9.80 Å². The molecule has 6 nitrogen and oxygen atoms in total. The molecule has 7 heteroatoms. The number of hydrogen-bond donors (Lipinski definition) is 1. The maximum atomic E-state index is 12.9. The maximum absolute atomic E-state index is 12.9. The number of methoxy groups -OCH3 is 1. The zero-order chi connectivity index (χ0) is 21.1. The summed E-state index contributed by atoms with van der Waals surface area (Å²) in [5, 5.41) is 11.5. The van der Waals surface area contributed by atoms with E-state index in [1.54, 1.807) is 48.5 Å². The Morgan fingerprint density at radius 3 is 2.48 bits per heavy atom. The monoisotopic (exact) mass is 414 g/mol. The molecule has 0 saturated carbocycles. The number of likely N-dealkylation sites (tertiary alicyclic amines) is 1. The fourth-order valence-electron chi connectivity index (χ4n) is 3.34. The zero-order valence-corrected chi connectivity index (χ0v) is 17.3. The van der Waals surface area contributed by atoms with Gasteiger partial charge in [-0.1, -0.05) is 35.9 Å². The molecule has 152 valence electrons. The lowest BCUT2D eigenvalue weighted by Crippen LogP contribution is -2.35. The van der Waals surface area contributed by atoms with Gasteiger partial charge in [-0.2, -0.15) is 0 Å². The first-order valence-corrected chi connectivity index (χ1v) is 9.54. The second kappa shape index (κ2) is 8.68. The SMILES string of the molecule is COc1cccc(C(O)=C2C(=O)C(=O)N(CCN(C)C)C2c2ccc(Cl)cc2)c1. The van der Waals surface area contributed by atoms with Crippen LogP contribution in [0.5, 0.6) is 5.75 Å². The van der Waals surface area contributed by atoms with Crippen LogP contribution in [-0.2, 0) is 9.59 Å². The average Bonchev–Trinajstić information content (AvgIpc) is 2.97. The first kappa shape index (κ1) is 20.9. The summed E-state index contributed by atoms with van der Waals surface area (Å²) in [4.78, 5) is 29.1. The van der Waals surface area contributed by atoms with Crippen LogP contribution in [0.4, 0.5) is 0 Å². The molecular formula is C22H23ClN2O4. The Kier molecular flexibility index (Phi) is 6.25. The van der Waals surface area contributed by atoms with Gasteiger partial charge in [0.1, 0.15) is 11.5 Å². The van der Waals surface area contributed by atoms with E-state index in [-0.39, 0.29) is 11.3 Å². The van der Waals surface area contributed by atoms with Crippen molar-refractivity contribution in [2.24, 2.45) is 0 Å². The highest BCUT2D eigenvalue weighted by atomic mass is 35.5. The first-order valence-electron chi connectivity index (χ1n) is 9.16. The molecule has 0 aliphatic carbocycles. The molecule has 1 aliphatic heterocycles. The summed E-state index contributed by atoms with van der Waals surface area (Å²) in [7, 11) is 5.31. The molecule has 29 heavy (non-hydrogen) atoms. The number of amides is 1. The van der Waals surface area contributed by atoms with Crippen molar-refractivity contribution in [3.63, 3.8) is 0 Å². The topological polar surface area (TPSA) is 70.1 Å². The number of ketones is 1. The van der Waals surface area contributed by atoms with Gasteiger partial charge >= 0.3 is 0 Å². The molecule has 1 unspecified atom stereocenters. The fourth-order valence-corrected chi connectivity index (χ4v) is 3.46. The van der Waals surface area contributed by atoms with Gasteiger partial charge in [0.15, 0.2) is 0 Å². The summed E-state index contributed by atoms with van der Waals surface area (Å²) in [5.41, 5.74) is 1.18. The summed E-state index contributed by atoms with van der Waals surface area (Å²) < 4.78 is 5.21. The molecule has 0 aromatic heterocycles. The van der Waals surface area contributed by atoms with Crippen LogP contribution in [0.25, 0.3) is 5.76 Å². The second-order valence-corrected chi connectivity index (χ2v) is 7.52. The molecule has 1 N–H and O–H groups in total. The first-order chi connectivity index (χ1) is 13.8. The Balaban J connectivity index is 2.14. The van der Waals surface area contributed by atoms with Crippen molar-refractivity contribution in [2.75, 3.05) is 34.3 Å². The second-order valence-electron chi connectivity index (χ2n) is 7.08. The number of hydrogen-bond acceptors (Lipinski definition) is 5. The summed E-state index contributed by atoms with van der Waals surface area (Å²) in [6.45, 7) is 0.927. The Bertz CT molecular complexity index is 954. The van der Waals surface area contributed by atoms with Crippen molar-refractivity contribution in [3.05, 3.63) is 70.3 Å². The molecule has 2 aromatic carbocycles. The molecule has 0 spiro atoms. The predicted molar refractivity (Wildman–Crippen MR) is 112 cm³/mol. The van der Waals surface area contributed by atoms with Crippen LogP contribution in [0.1, 0.15) is 17.2 Å². The van der Waals surface area contributed by atoms with Crippen molar-refractivity contribution in [1.29, 1.82) is 0 Å². The molecule has 3 rings (SSSR count). The Hall–Kier alpha value is -2.83. The van der Waals surface area contributed by atoms with Gasteiger partial charge in [-0.15, -0.1) is 0 Å². The number of halogens is 1. The van der Waals surface area contributed by atoms with Gasteiger partial charge in [-0.05, 0) is 43.9 Å². The minimum atomic E-state index is -0.705. The van der Waals surface area contributed by atoms with E-state index in [1.165, 1.54) is 12.0 Å². The van der Waals surface area contributed by atoms with E-state index < -0.39 is 17.7 Å². The largest absolute Gasteiger partial charge is 0.507 e. The summed E-state index contributed by atoms with van der Waals surface area (Å²) in [6.07, 6.45) is 0. The minimum Gasteiger partial charge on any atom is -0.507 e. The minimum absolute atomic E-state index is 0.0596. The number of benzene rings is 2. The van der Waals surface area contributed by atoms with Gasteiger partial charge < -0.3 is 19.6 Å². The molecule has 0 radical (unpaired) electrons. The van der Waals surface area contributed by atoms with Gasteiger partial charge in [0.2, 0.25) is 0 Å². The number of rotatable bonds is 6. The number of carbonyl (C=O) groups is 2. The smallest absolute Gasteiger partial charge is 0.295 e. The van der Waals surface area contributed by atoms with Crippen LogP contribution in [0.2, 0.25) is 5.02 Å². The van der Waals surface area contributed by atoms with Gasteiger partial charge in [-0.25, -0.2) is 0 Å². The standard InChI is InChI=1S/C22H23ClN2O4/c1-24(2)11-12-25-19(14-7-9-16(23)10-8-14)18(21(27)22(25)28)20(26)15-5-4-6-17(13-15)29-3/h4-10,13,19,26H,11-12H2,1-3H3. The molecule has 1 heterocycles. The molecule has 1 fully saturated rings. The van der Waals surface area contributed by atoms with Gasteiger partial charge in [-0.3, -0.25) is 9.59 Å². The normalized spacial score (nSPS) is 18.5. The number of nitrogens with zero attached hydrogens (tertiary/aromatic N) is 2. The van der Waals surface area contributed by atoms with Crippen molar-refractivity contribution in [2.45, 2.75) is 6.04 Å². The van der Waals surface area contributed by atoms with E-state index >= 15 is 0 Å². The zero-order valence-electron chi connectivity index (χ0n) is 16.6. The summed E-state index contributed by atoms with van der Waals surface area (Å²) in [5.74, 6) is -1.02. The number of Topliss-reactive ketones (excluding diaryl/α,β-unsaturated/α-hetero) is 1. The molecule has 1 amide bonds. The number of carbonyl (C=O) groups excluding carboxylic acids is 2. The Morgan fingerprint density at radius 1 is 1.17 bits per heavy atom. The average molecular weight is 415 g/mol. The van der Waals surface area contributed by atoms with Crippen LogP contribution in [-0.4, -0.2) is 60.9 Å². The van der Waals surface area contributed by atoms with E-state index in [2.05, 4.69) is 0 Å². The molecule has 1 saturated heterocycles. The molecule has 2 aromatic rings. The van der Waals surface area contributed by atoms with E-state index in [0.717, 1.165) is 0 Å². The molecular weight excluding hydrogens is 392 g/mol. The summed E-state index contributed by atoms with van der Waals surface area (Å²) >= 11 is 6.01. The number of aliphatic hydroxyl groups is 1. The lowest BCUT2D eigenvalue weighted by molar-refractivity contribution is -0.140. The number of likely N-dealkylation sites (N-methyl/N-ethyl adjacent to an activating group) is 1. The molecule has 1 atom stereocenters. The van der Waals surface area contributed by atoms with Gasteiger partial charge in [0.25, 0.3) is 11.7 Å². The summed E-state index contributed by atoms with van der Waals surface area (Å²) in [6, 6.07) is 13.0. The third-order valence-electron chi connectivity index (χ3n) is 4.86. The highest BCUT2D eigenvalue weighted by Gasteiger charge is 2.45. The van der Waals surface area contributed by atoms with Crippen molar-refractivity contribution in [3.8, 4) is 5.75 Å². The van der Waals surface area contributed by atoms with Gasteiger partial charge in [0.05, 0.1) is 18.7 Å². The maximum Gasteiger partial charge on any atom is 0.295 e. The lowest BCUT2D eigenvalue weighted by atomic mass is 9.95. The third-order valence-corrected chi connectivity index (χ3v) is 5.11. The van der Waals surface area contributed by atoms with E-state index in [1.807, 2.05) is 19.0 Å². The van der Waals surface area contributed by atoms with E-state index in [0.29, 0.717) is 35.0 Å². The van der Waals surface area contributed by atoms with Crippen LogP contribution < -0.4 is 4.74 Å². The quantitative estimate of drug-likeness (QED) is 0.446. The number of ether oxygens (including phenoxy) is 1. The lowest BCUT2D eigenvalue weighted by Gasteiger charge is -2.26. The number of aliphatic hydroxyl groups excluding tert-OH is 1. The van der Waals surface area contributed by atoms with Crippen LogP contribution in [0, 0.1) is 0 Å². The Labute approximate surface area is 174 Å². The van der Waals surface area contributed by atoms with Gasteiger partial charge in [0, 0.05) is 23.7 Å². The molecule has 1 aliphatic rings. The van der Waals surface area contributed by atoms with Crippen LogP contribution in [0.3, 0.4) is 0 Å². The molecule has 0 bridgehead atoms. The van der Waals surface area contributed by atoms with E-state index in [4.69, 9.17) is 16.3 Å². The Morgan fingerprint density at radius 2 is 1.86 bits per heavy atom. The van der Waals surface area contributed by atoms with Crippen LogP contribution in [0.15, 0.2) is 54.1 Å². The third kappa shape index (κ3) is 4.28. The fraction of sp³-hybridized carbons (Fsp3) is 0.273. The van der Waals surface area contributed by atoms with Crippen LogP contribution >= 0.6 is 11.6 Å². The highest BCUT2D eigenvalue weighted by molar-refractivity contribution is 6.46. The van der Waals surface area contributed by atoms with E-state index in [9.17, 15) is 14.7 Å². The highest BCUT2D eigenvalue weighted by Crippen LogP contribution is 2.39. The van der Waals surface area contributed by atoms with Crippen molar-refractivity contribution >= 4 is 29.1 Å². The predicted octanol–water partition coefficient (Wildman–Crippen LogP) is 3.33.